The molecule has 0 radical (unpaired) electrons. The molecule has 0 aliphatic carbocycles. The fourth-order valence-corrected chi connectivity index (χ4v) is 5.37. The van der Waals surface area contributed by atoms with Crippen molar-refractivity contribution in [2.24, 2.45) is 5.41 Å². The van der Waals surface area contributed by atoms with Gasteiger partial charge in [0.05, 0.1) is 17.5 Å². The molecule has 0 saturated carbocycles. The number of aryl methyl sites for hydroxylation is 2. The van der Waals surface area contributed by atoms with Gasteiger partial charge in [-0.15, -0.1) is 0 Å². The van der Waals surface area contributed by atoms with Crippen molar-refractivity contribution in [3.05, 3.63) is 11.4 Å². The number of hydrogen-bond acceptors (Lipinski definition) is 4. The Morgan fingerprint density at radius 3 is 2.55 bits per heavy atom. The SMILES string of the molecule is CCn1nc(C)c(S(=O)(=O)N2CCC(O)CC(C)(C)C2)c1C. The lowest BCUT2D eigenvalue weighted by Gasteiger charge is -2.29. The number of rotatable bonds is 3. The fourth-order valence-electron chi connectivity index (χ4n) is 3.35. The van der Waals surface area contributed by atoms with Gasteiger partial charge >= 0.3 is 0 Å². The first-order valence-electron chi connectivity index (χ1n) is 7.80. The van der Waals surface area contributed by atoms with E-state index >= 15 is 0 Å². The Balaban J connectivity index is 2.44. The number of sulfonamides is 1. The van der Waals surface area contributed by atoms with Crippen LogP contribution >= 0.6 is 0 Å². The molecule has 2 heterocycles. The third-order valence-electron chi connectivity index (χ3n) is 4.32. The quantitative estimate of drug-likeness (QED) is 0.916. The molecule has 1 fully saturated rings. The molecule has 7 heteroatoms. The van der Waals surface area contributed by atoms with Crippen LogP contribution in [0.4, 0.5) is 0 Å². The van der Waals surface area contributed by atoms with Crippen LogP contribution in [0.3, 0.4) is 0 Å². The highest BCUT2D eigenvalue weighted by atomic mass is 32.2. The van der Waals surface area contributed by atoms with Gasteiger partial charge in [-0.2, -0.15) is 9.40 Å². The maximum absolute atomic E-state index is 13.1. The summed E-state index contributed by atoms with van der Waals surface area (Å²) in [4.78, 5) is 0.321. The maximum Gasteiger partial charge on any atom is 0.246 e. The van der Waals surface area contributed by atoms with Crippen LogP contribution in [0, 0.1) is 19.3 Å². The molecule has 0 aromatic carbocycles. The minimum absolute atomic E-state index is 0.244. The van der Waals surface area contributed by atoms with Crippen LogP contribution < -0.4 is 0 Å². The second kappa shape index (κ2) is 5.94. The molecule has 1 aromatic rings. The summed E-state index contributed by atoms with van der Waals surface area (Å²) in [6.07, 6.45) is 0.643. The third kappa shape index (κ3) is 3.21. The first-order chi connectivity index (χ1) is 10.1. The van der Waals surface area contributed by atoms with Gasteiger partial charge in [-0.25, -0.2) is 8.42 Å². The molecule has 2 rings (SSSR count). The van der Waals surface area contributed by atoms with E-state index in [1.807, 2.05) is 20.8 Å². The molecule has 6 nitrogen and oxygen atoms in total. The smallest absolute Gasteiger partial charge is 0.246 e. The van der Waals surface area contributed by atoms with E-state index in [0.29, 0.717) is 48.8 Å². The highest BCUT2D eigenvalue weighted by Gasteiger charge is 2.37. The van der Waals surface area contributed by atoms with Crippen LogP contribution in [0.1, 0.15) is 45.0 Å². The van der Waals surface area contributed by atoms with E-state index in [2.05, 4.69) is 5.10 Å². The number of aliphatic hydroxyl groups is 1. The van der Waals surface area contributed by atoms with Gasteiger partial charge < -0.3 is 5.11 Å². The zero-order valence-corrected chi connectivity index (χ0v) is 14.9. The van der Waals surface area contributed by atoms with Crippen molar-refractivity contribution in [2.75, 3.05) is 13.1 Å². The Morgan fingerprint density at radius 1 is 1.36 bits per heavy atom. The molecule has 0 bridgehead atoms. The monoisotopic (exact) mass is 329 g/mol. The summed E-state index contributed by atoms with van der Waals surface area (Å²) < 4.78 is 29.4. The van der Waals surface area contributed by atoms with Gasteiger partial charge in [0, 0.05) is 19.6 Å². The zero-order chi connectivity index (χ0) is 16.7. The number of nitrogens with zero attached hydrogens (tertiary/aromatic N) is 3. The molecule has 1 aromatic heterocycles. The summed E-state index contributed by atoms with van der Waals surface area (Å²) in [6.45, 7) is 10.9. The van der Waals surface area contributed by atoms with Gasteiger partial charge in [0.15, 0.2) is 0 Å². The highest BCUT2D eigenvalue weighted by Crippen LogP contribution is 2.32. The average Bonchev–Trinajstić information content (AvgIpc) is 2.59. The van der Waals surface area contributed by atoms with Gasteiger partial charge in [0.25, 0.3) is 0 Å². The fraction of sp³-hybridized carbons (Fsp3) is 0.800. The lowest BCUT2D eigenvalue weighted by Crippen LogP contribution is -2.38. The van der Waals surface area contributed by atoms with Crippen molar-refractivity contribution in [2.45, 2.75) is 65.0 Å². The first kappa shape index (κ1) is 17.4. The van der Waals surface area contributed by atoms with Gasteiger partial charge in [-0.1, -0.05) is 13.8 Å². The highest BCUT2D eigenvalue weighted by molar-refractivity contribution is 7.89. The Hall–Kier alpha value is -0.920. The molecular weight excluding hydrogens is 302 g/mol. The molecule has 1 aliphatic rings. The molecule has 1 saturated heterocycles. The second-order valence-electron chi connectivity index (χ2n) is 6.97. The Morgan fingerprint density at radius 2 is 2.00 bits per heavy atom. The summed E-state index contributed by atoms with van der Waals surface area (Å²) in [6, 6.07) is 0. The predicted octanol–water partition coefficient (Wildman–Crippen LogP) is 1.69. The molecule has 22 heavy (non-hydrogen) atoms. The minimum atomic E-state index is -3.59. The van der Waals surface area contributed by atoms with E-state index in [4.69, 9.17) is 0 Å². The van der Waals surface area contributed by atoms with Crippen molar-refractivity contribution < 1.29 is 13.5 Å². The minimum Gasteiger partial charge on any atom is -0.393 e. The van der Waals surface area contributed by atoms with E-state index in [-0.39, 0.29) is 5.41 Å². The largest absolute Gasteiger partial charge is 0.393 e. The van der Waals surface area contributed by atoms with E-state index in [0.717, 1.165) is 0 Å². The van der Waals surface area contributed by atoms with Gasteiger partial charge in [0.2, 0.25) is 10.0 Å². The van der Waals surface area contributed by atoms with Crippen molar-refractivity contribution in [1.82, 2.24) is 14.1 Å². The normalized spacial score (nSPS) is 23.5. The molecule has 1 unspecified atom stereocenters. The average molecular weight is 329 g/mol. The van der Waals surface area contributed by atoms with E-state index < -0.39 is 16.1 Å². The molecular formula is C15H27N3O3S. The lowest BCUT2D eigenvalue weighted by atomic mass is 9.87. The third-order valence-corrected chi connectivity index (χ3v) is 6.42. The van der Waals surface area contributed by atoms with Crippen LogP contribution in [0.5, 0.6) is 0 Å². The number of hydrogen-bond donors (Lipinski definition) is 1. The number of aromatic nitrogens is 2. The van der Waals surface area contributed by atoms with Crippen LogP contribution in [0.25, 0.3) is 0 Å². The summed E-state index contributed by atoms with van der Waals surface area (Å²) in [5.41, 5.74) is 0.982. The predicted molar refractivity (Wildman–Crippen MR) is 85.2 cm³/mol. The van der Waals surface area contributed by atoms with Crippen molar-refractivity contribution >= 4 is 10.0 Å². The summed E-state index contributed by atoms with van der Waals surface area (Å²) in [7, 11) is -3.59. The van der Waals surface area contributed by atoms with Crippen molar-refractivity contribution in [3.8, 4) is 0 Å². The van der Waals surface area contributed by atoms with E-state index in [1.165, 1.54) is 4.31 Å². The Bertz CT molecular complexity index is 649. The molecule has 0 amide bonds. The van der Waals surface area contributed by atoms with Crippen molar-refractivity contribution in [1.29, 1.82) is 0 Å². The number of aliphatic hydroxyl groups excluding tert-OH is 1. The van der Waals surface area contributed by atoms with Crippen molar-refractivity contribution in [3.63, 3.8) is 0 Å². The Labute approximate surface area is 133 Å². The van der Waals surface area contributed by atoms with E-state index in [9.17, 15) is 13.5 Å². The topological polar surface area (TPSA) is 75.4 Å². The second-order valence-corrected chi connectivity index (χ2v) is 8.84. The van der Waals surface area contributed by atoms with Crippen LogP contribution in [0.2, 0.25) is 0 Å². The first-order valence-corrected chi connectivity index (χ1v) is 9.24. The van der Waals surface area contributed by atoms with Crippen LogP contribution in [0.15, 0.2) is 4.90 Å². The maximum atomic E-state index is 13.1. The lowest BCUT2D eigenvalue weighted by molar-refractivity contribution is 0.122. The van der Waals surface area contributed by atoms with Crippen LogP contribution in [-0.4, -0.2) is 46.8 Å². The molecule has 1 N–H and O–H groups in total. The van der Waals surface area contributed by atoms with Crippen LogP contribution in [-0.2, 0) is 16.6 Å². The van der Waals surface area contributed by atoms with Gasteiger partial charge in [-0.05, 0) is 39.0 Å². The summed E-state index contributed by atoms with van der Waals surface area (Å²) in [5, 5.41) is 14.3. The Kier molecular flexibility index (Phi) is 4.71. The summed E-state index contributed by atoms with van der Waals surface area (Å²) in [5.74, 6) is 0. The zero-order valence-electron chi connectivity index (χ0n) is 14.1. The van der Waals surface area contributed by atoms with Gasteiger partial charge in [-0.3, -0.25) is 4.68 Å². The molecule has 1 atom stereocenters. The molecule has 126 valence electrons. The molecule has 0 spiro atoms. The van der Waals surface area contributed by atoms with E-state index in [1.54, 1.807) is 18.5 Å². The standard InChI is InChI=1S/C15H27N3O3S/c1-6-18-12(3)14(11(2)16-18)22(20,21)17-8-7-13(19)9-15(4,5)10-17/h13,19H,6-10H2,1-5H3. The summed E-state index contributed by atoms with van der Waals surface area (Å²) >= 11 is 0. The van der Waals surface area contributed by atoms with Gasteiger partial charge in [0.1, 0.15) is 4.90 Å². The molecule has 1 aliphatic heterocycles.